The second kappa shape index (κ2) is 4.64. The Kier molecular flexibility index (Phi) is 3.49. The smallest absolute Gasteiger partial charge is 0.228 e. The van der Waals surface area contributed by atoms with Gasteiger partial charge in [-0.1, -0.05) is 6.92 Å². The summed E-state index contributed by atoms with van der Waals surface area (Å²) in [5.74, 6) is 0.926. The Morgan fingerprint density at radius 3 is 2.85 bits per heavy atom. The van der Waals surface area contributed by atoms with Crippen LogP contribution in [0.25, 0.3) is 0 Å². The lowest BCUT2D eigenvalue weighted by atomic mass is 10.3. The van der Waals surface area contributed by atoms with Crippen molar-refractivity contribution in [3.05, 3.63) is 12.3 Å². The normalized spacial score (nSPS) is 10.0. The summed E-state index contributed by atoms with van der Waals surface area (Å²) >= 11 is 0. The number of hydrogen-bond donors (Lipinski definition) is 1. The molecule has 1 heterocycles. The first-order chi connectivity index (χ1) is 6.29. The summed E-state index contributed by atoms with van der Waals surface area (Å²) in [6.07, 6.45) is 3.12. The van der Waals surface area contributed by atoms with Crippen LogP contribution in [0.2, 0.25) is 0 Å². The largest absolute Gasteiger partial charge is 0.298 e. The van der Waals surface area contributed by atoms with Crippen LogP contribution in [-0.2, 0) is 4.79 Å². The number of rotatable bonds is 4. The summed E-state index contributed by atoms with van der Waals surface area (Å²) in [5.41, 5.74) is 0. The molecule has 0 spiro atoms. The molecule has 0 bridgehead atoms. The fraction of sp³-hybridized carbons (Fsp3) is 0.556. The highest BCUT2D eigenvalue weighted by Gasteiger charge is 2.12. The summed E-state index contributed by atoms with van der Waals surface area (Å²) in [6.45, 7) is 4.63. The lowest BCUT2D eigenvalue weighted by molar-refractivity contribution is -0.118. The minimum absolute atomic E-state index is 0.147. The molecule has 0 unspecified atom stereocenters. The van der Waals surface area contributed by atoms with Gasteiger partial charge in [-0.2, -0.15) is 5.10 Å². The molecule has 1 aromatic rings. The van der Waals surface area contributed by atoms with Crippen LogP contribution in [0, 0.1) is 0 Å². The summed E-state index contributed by atoms with van der Waals surface area (Å²) in [6, 6.07) is 1.80. The lowest BCUT2D eigenvalue weighted by Crippen LogP contribution is -2.30. The van der Waals surface area contributed by atoms with Crippen molar-refractivity contribution >= 4 is 11.7 Å². The summed E-state index contributed by atoms with van der Waals surface area (Å²) in [5, 5.41) is 6.60. The number of nitrogens with one attached hydrogen (secondary N) is 1. The zero-order valence-electron chi connectivity index (χ0n) is 8.08. The average molecular weight is 181 g/mol. The van der Waals surface area contributed by atoms with Crippen LogP contribution < -0.4 is 4.90 Å². The summed E-state index contributed by atoms with van der Waals surface area (Å²) in [4.78, 5) is 13.3. The second-order valence-corrected chi connectivity index (χ2v) is 2.83. The molecule has 0 aliphatic rings. The molecule has 0 aliphatic carbocycles. The molecule has 0 aromatic carbocycles. The number of H-pyrrole nitrogens is 1. The van der Waals surface area contributed by atoms with E-state index in [-0.39, 0.29) is 5.91 Å². The van der Waals surface area contributed by atoms with Crippen molar-refractivity contribution in [3.8, 4) is 0 Å². The van der Waals surface area contributed by atoms with E-state index in [1.807, 2.05) is 13.8 Å². The molecule has 0 aliphatic heterocycles. The Morgan fingerprint density at radius 2 is 2.38 bits per heavy atom. The van der Waals surface area contributed by atoms with Crippen LogP contribution in [0.5, 0.6) is 0 Å². The van der Waals surface area contributed by atoms with E-state index in [9.17, 15) is 4.79 Å². The van der Waals surface area contributed by atoms with E-state index in [4.69, 9.17) is 0 Å². The maximum absolute atomic E-state index is 11.6. The number of nitrogens with zero attached hydrogens (tertiary/aromatic N) is 2. The third kappa shape index (κ3) is 2.31. The molecule has 4 heteroatoms. The van der Waals surface area contributed by atoms with E-state index in [1.165, 1.54) is 0 Å². The molecular formula is C9H15N3O. The number of hydrogen-bond acceptors (Lipinski definition) is 2. The van der Waals surface area contributed by atoms with Crippen molar-refractivity contribution in [1.29, 1.82) is 0 Å². The predicted octanol–water partition coefficient (Wildman–Crippen LogP) is 1.56. The Labute approximate surface area is 77.9 Å². The highest BCUT2D eigenvalue weighted by atomic mass is 16.2. The average Bonchev–Trinajstić information content (AvgIpc) is 2.59. The van der Waals surface area contributed by atoms with Gasteiger partial charge in [0.2, 0.25) is 5.91 Å². The van der Waals surface area contributed by atoms with Crippen LogP contribution >= 0.6 is 0 Å². The first-order valence-electron chi connectivity index (χ1n) is 4.59. The molecule has 1 amide bonds. The molecule has 0 saturated heterocycles. The molecule has 1 rings (SSSR count). The van der Waals surface area contributed by atoms with Gasteiger partial charge in [-0.15, -0.1) is 0 Å². The number of amides is 1. The van der Waals surface area contributed by atoms with Gasteiger partial charge in [0.05, 0.1) is 6.20 Å². The number of aromatic nitrogens is 2. The van der Waals surface area contributed by atoms with Gasteiger partial charge in [0.1, 0.15) is 5.82 Å². The molecule has 0 atom stereocenters. The maximum Gasteiger partial charge on any atom is 0.228 e. The number of carbonyl (C=O) groups is 1. The van der Waals surface area contributed by atoms with E-state index in [1.54, 1.807) is 17.2 Å². The van der Waals surface area contributed by atoms with E-state index in [0.29, 0.717) is 13.0 Å². The van der Waals surface area contributed by atoms with Crippen molar-refractivity contribution in [3.63, 3.8) is 0 Å². The number of anilines is 1. The van der Waals surface area contributed by atoms with Gasteiger partial charge in [0.15, 0.2) is 0 Å². The topological polar surface area (TPSA) is 49.0 Å². The van der Waals surface area contributed by atoms with E-state index in [2.05, 4.69) is 10.2 Å². The van der Waals surface area contributed by atoms with Gasteiger partial charge in [-0.25, -0.2) is 0 Å². The van der Waals surface area contributed by atoms with Gasteiger partial charge in [0.25, 0.3) is 0 Å². The van der Waals surface area contributed by atoms with Gasteiger partial charge >= 0.3 is 0 Å². The van der Waals surface area contributed by atoms with E-state index < -0.39 is 0 Å². The number of aromatic amines is 1. The molecule has 0 fully saturated rings. The maximum atomic E-state index is 11.6. The van der Waals surface area contributed by atoms with Gasteiger partial charge in [-0.3, -0.25) is 14.8 Å². The first-order valence-corrected chi connectivity index (χ1v) is 4.59. The molecule has 72 valence electrons. The van der Waals surface area contributed by atoms with Crippen LogP contribution in [-0.4, -0.2) is 22.6 Å². The fourth-order valence-corrected chi connectivity index (χ4v) is 1.23. The zero-order valence-corrected chi connectivity index (χ0v) is 8.08. The second-order valence-electron chi connectivity index (χ2n) is 2.83. The fourth-order valence-electron chi connectivity index (χ4n) is 1.23. The SMILES string of the molecule is CCCC(=O)N(CC)c1ccn[nH]1. The summed E-state index contributed by atoms with van der Waals surface area (Å²) in [7, 11) is 0. The van der Waals surface area contributed by atoms with Crippen LogP contribution in [0.4, 0.5) is 5.82 Å². The molecule has 0 radical (unpaired) electrons. The first kappa shape index (κ1) is 9.77. The summed E-state index contributed by atoms with van der Waals surface area (Å²) < 4.78 is 0. The van der Waals surface area contributed by atoms with Crippen LogP contribution in [0.1, 0.15) is 26.7 Å². The Bertz CT molecular complexity index is 256. The van der Waals surface area contributed by atoms with Crippen molar-refractivity contribution in [2.24, 2.45) is 0 Å². The molecular weight excluding hydrogens is 166 g/mol. The molecule has 1 aromatic heterocycles. The third-order valence-electron chi connectivity index (χ3n) is 1.86. The van der Waals surface area contributed by atoms with Crippen molar-refractivity contribution < 1.29 is 4.79 Å². The number of carbonyl (C=O) groups excluding carboxylic acids is 1. The highest BCUT2D eigenvalue weighted by Crippen LogP contribution is 2.10. The Hall–Kier alpha value is -1.32. The minimum atomic E-state index is 0.147. The van der Waals surface area contributed by atoms with Gasteiger partial charge in [-0.05, 0) is 13.3 Å². The lowest BCUT2D eigenvalue weighted by Gasteiger charge is -2.17. The molecule has 0 saturated carbocycles. The van der Waals surface area contributed by atoms with Crippen molar-refractivity contribution in [2.45, 2.75) is 26.7 Å². The van der Waals surface area contributed by atoms with E-state index >= 15 is 0 Å². The van der Waals surface area contributed by atoms with Crippen molar-refractivity contribution in [2.75, 3.05) is 11.4 Å². The standard InChI is InChI=1S/C9H15N3O/c1-3-5-9(13)12(4-2)8-6-7-10-11-8/h6-7H,3-5H2,1-2H3,(H,10,11). The molecule has 1 N–H and O–H groups in total. The Balaban J connectivity index is 2.68. The van der Waals surface area contributed by atoms with Crippen molar-refractivity contribution in [1.82, 2.24) is 10.2 Å². The molecule has 4 nitrogen and oxygen atoms in total. The third-order valence-corrected chi connectivity index (χ3v) is 1.86. The zero-order chi connectivity index (χ0) is 9.68. The van der Waals surface area contributed by atoms with Gasteiger partial charge < -0.3 is 0 Å². The predicted molar refractivity (Wildman–Crippen MR) is 51.5 cm³/mol. The van der Waals surface area contributed by atoms with E-state index in [0.717, 1.165) is 12.2 Å². The quantitative estimate of drug-likeness (QED) is 0.766. The monoisotopic (exact) mass is 181 g/mol. The van der Waals surface area contributed by atoms with Crippen LogP contribution in [0.3, 0.4) is 0 Å². The highest BCUT2D eigenvalue weighted by molar-refractivity contribution is 5.92. The van der Waals surface area contributed by atoms with Crippen LogP contribution in [0.15, 0.2) is 12.3 Å². The Morgan fingerprint density at radius 1 is 1.62 bits per heavy atom. The van der Waals surface area contributed by atoms with Gasteiger partial charge in [0, 0.05) is 19.0 Å². The minimum Gasteiger partial charge on any atom is -0.298 e. The molecule has 13 heavy (non-hydrogen) atoms.